The number of alkyl carbamates (subject to hydrolysis) is 1. The molecule has 0 aromatic heterocycles. The maximum absolute atomic E-state index is 12.0. The average molecular weight is 314 g/mol. The summed E-state index contributed by atoms with van der Waals surface area (Å²) in [5.41, 5.74) is -0.527. The van der Waals surface area contributed by atoms with Crippen LogP contribution in [0.4, 0.5) is 4.79 Å². The lowest BCUT2D eigenvalue weighted by molar-refractivity contribution is 0.0378. The highest BCUT2D eigenvalue weighted by Crippen LogP contribution is 2.33. The molecule has 0 spiro atoms. The minimum Gasteiger partial charge on any atom is -0.444 e. The summed E-state index contributed by atoms with van der Waals surface area (Å²) in [5, 5.41) is 7.47. The van der Waals surface area contributed by atoms with Crippen molar-refractivity contribution in [3.05, 3.63) is 0 Å². The highest BCUT2D eigenvalue weighted by Gasteiger charge is 2.40. The largest absolute Gasteiger partial charge is 0.444 e. The Balaban J connectivity index is 1.82. The molecule has 2 aliphatic rings. The average Bonchev–Trinajstić information content (AvgIpc) is 2.32. The van der Waals surface area contributed by atoms with Crippen LogP contribution >= 0.6 is 11.8 Å². The molecule has 2 atom stereocenters. The number of rotatable bonds is 4. The van der Waals surface area contributed by atoms with Gasteiger partial charge in [0.1, 0.15) is 5.60 Å². The molecule has 1 aliphatic heterocycles. The molecule has 4 nitrogen and oxygen atoms in total. The highest BCUT2D eigenvalue weighted by atomic mass is 32.2. The van der Waals surface area contributed by atoms with Crippen molar-refractivity contribution in [1.82, 2.24) is 10.6 Å². The molecule has 1 saturated carbocycles. The standard InChI is InChI=1S/C16H30N2O2S/c1-12-13(7-5-10-21-12)17-11-16(8-6-9-16)18-14(19)20-15(2,3)4/h12-13,17H,5-11H2,1-4H3,(H,18,19). The number of carbonyl (C=O) groups is 1. The molecule has 0 radical (unpaired) electrons. The summed E-state index contributed by atoms with van der Waals surface area (Å²) >= 11 is 2.05. The summed E-state index contributed by atoms with van der Waals surface area (Å²) in [6, 6.07) is 0.571. The fourth-order valence-electron chi connectivity index (χ4n) is 2.99. The van der Waals surface area contributed by atoms with Crippen molar-refractivity contribution >= 4 is 17.9 Å². The number of hydrogen-bond acceptors (Lipinski definition) is 4. The summed E-state index contributed by atoms with van der Waals surface area (Å²) in [7, 11) is 0. The summed E-state index contributed by atoms with van der Waals surface area (Å²) in [5.74, 6) is 1.28. The normalized spacial score (nSPS) is 28.6. The molecule has 5 heteroatoms. The van der Waals surface area contributed by atoms with Crippen LogP contribution in [0.5, 0.6) is 0 Å². The van der Waals surface area contributed by atoms with Crippen LogP contribution in [0.15, 0.2) is 0 Å². The molecule has 1 heterocycles. The molecule has 122 valence electrons. The van der Waals surface area contributed by atoms with Gasteiger partial charge in [-0.1, -0.05) is 6.92 Å². The number of nitrogens with one attached hydrogen (secondary N) is 2. The minimum atomic E-state index is -0.434. The van der Waals surface area contributed by atoms with Crippen molar-refractivity contribution in [2.24, 2.45) is 0 Å². The lowest BCUT2D eigenvalue weighted by Crippen LogP contribution is -2.61. The van der Waals surface area contributed by atoms with Gasteiger partial charge >= 0.3 is 6.09 Å². The van der Waals surface area contributed by atoms with Crippen molar-refractivity contribution in [2.75, 3.05) is 12.3 Å². The first-order valence-electron chi connectivity index (χ1n) is 8.16. The Bertz CT molecular complexity index is 364. The molecule has 2 rings (SSSR count). The van der Waals surface area contributed by atoms with Gasteiger partial charge in [0.25, 0.3) is 0 Å². The Morgan fingerprint density at radius 3 is 2.57 bits per heavy atom. The zero-order valence-electron chi connectivity index (χ0n) is 13.8. The molecular formula is C16H30N2O2S. The molecule has 2 fully saturated rings. The van der Waals surface area contributed by atoms with Crippen molar-refractivity contribution < 1.29 is 9.53 Å². The maximum Gasteiger partial charge on any atom is 0.408 e. The number of amides is 1. The molecule has 21 heavy (non-hydrogen) atoms. The van der Waals surface area contributed by atoms with E-state index < -0.39 is 5.60 Å². The lowest BCUT2D eigenvalue weighted by Gasteiger charge is -2.44. The first-order chi connectivity index (χ1) is 9.80. The zero-order valence-corrected chi connectivity index (χ0v) is 14.6. The summed E-state index contributed by atoms with van der Waals surface area (Å²) in [6.07, 6.45) is 5.54. The molecule has 1 saturated heterocycles. The van der Waals surface area contributed by atoms with Crippen LogP contribution in [0.25, 0.3) is 0 Å². The summed E-state index contributed by atoms with van der Waals surface area (Å²) < 4.78 is 5.40. The van der Waals surface area contributed by atoms with E-state index >= 15 is 0 Å². The predicted octanol–water partition coefficient (Wildman–Crippen LogP) is 3.31. The first-order valence-corrected chi connectivity index (χ1v) is 9.21. The summed E-state index contributed by atoms with van der Waals surface area (Å²) in [4.78, 5) is 12.0. The zero-order chi connectivity index (χ0) is 15.5. The maximum atomic E-state index is 12.0. The van der Waals surface area contributed by atoms with Crippen molar-refractivity contribution in [2.45, 2.75) is 82.2 Å². The predicted molar refractivity (Wildman–Crippen MR) is 88.9 cm³/mol. The van der Waals surface area contributed by atoms with Gasteiger partial charge in [-0.15, -0.1) is 0 Å². The van der Waals surface area contributed by atoms with Gasteiger partial charge in [-0.3, -0.25) is 0 Å². The van der Waals surface area contributed by atoms with E-state index in [9.17, 15) is 4.79 Å². The smallest absolute Gasteiger partial charge is 0.408 e. The molecule has 2 unspecified atom stereocenters. The molecule has 2 N–H and O–H groups in total. The topological polar surface area (TPSA) is 50.4 Å². The fourth-order valence-corrected chi connectivity index (χ4v) is 4.16. The van der Waals surface area contributed by atoms with Gasteiger partial charge in [0.2, 0.25) is 0 Å². The Hall–Kier alpha value is -0.420. The van der Waals surface area contributed by atoms with Gasteiger partial charge in [0.15, 0.2) is 0 Å². The number of carbonyl (C=O) groups excluding carboxylic acids is 1. The van der Waals surface area contributed by atoms with Crippen LogP contribution < -0.4 is 10.6 Å². The van der Waals surface area contributed by atoms with Crippen LogP contribution in [-0.4, -0.2) is 40.8 Å². The number of thioether (sulfide) groups is 1. The molecule has 0 aromatic carbocycles. The van der Waals surface area contributed by atoms with E-state index in [1.807, 2.05) is 32.5 Å². The molecule has 0 aromatic rings. The summed E-state index contributed by atoms with van der Waals surface area (Å²) in [6.45, 7) is 8.87. The minimum absolute atomic E-state index is 0.0931. The molecule has 1 aliphatic carbocycles. The van der Waals surface area contributed by atoms with Gasteiger partial charge < -0.3 is 15.4 Å². The van der Waals surface area contributed by atoms with E-state index in [0.717, 1.165) is 19.4 Å². The third-order valence-electron chi connectivity index (χ3n) is 4.39. The third kappa shape index (κ3) is 5.06. The molecule has 1 amide bonds. The molecule has 0 bridgehead atoms. The second-order valence-electron chi connectivity index (χ2n) is 7.47. The lowest BCUT2D eigenvalue weighted by atomic mass is 9.76. The van der Waals surface area contributed by atoms with E-state index in [4.69, 9.17) is 4.74 Å². The van der Waals surface area contributed by atoms with Crippen LogP contribution in [0, 0.1) is 0 Å². The van der Waals surface area contributed by atoms with Crippen LogP contribution in [0.2, 0.25) is 0 Å². The van der Waals surface area contributed by atoms with Crippen LogP contribution in [-0.2, 0) is 4.74 Å². The van der Waals surface area contributed by atoms with Crippen LogP contribution in [0.3, 0.4) is 0 Å². The third-order valence-corrected chi connectivity index (χ3v) is 5.76. The molecular weight excluding hydrogens is 284 g/mol. The Labute approximate surface area is 133 Å². The van der Waals surface area contributed by atoms with Gasteiger partial charge in [-0.2, -0.15) is 11.8 Å². The van der Waals surface area contributed by atoms with E-state index in [0.29, 0.717) is 11.3 Å². The van der Waals surface area contributed by atoms with Gasteiger partial charge in [-0.05, 0) is 58.6 Å². The van der Waals surface area contributed by atoms with Gasteiger partial charge in [0.05, 0.1) is 5.54 Å². The highest BCUT2D eigenvalue weighted by molar-refractivity contribution is 7.99. The second kappa shape index (κ2) is 6.78. The quantitative estimate of drug-likeness (QED) is 0.836. The van der Waals surface area contributed by atoms with Crippen molar-refractivity contribution in [3.8, 4) is 0 Å². The number of hydrogen-bond donors (Lipinski definition) is 2. The van der Waals surface area contributed by atoms with Crippen molar-refractivity contribution in [3.63, 3.8) is 0 Å². The monoisotopic (exact) mass is 314 g/mol. The Morgan fingerprint density at radius 2 is 2.05 bits per heavy atom. The fraction of sp³-hybridized carbons (Fsp3) is 0.938. The van der Waals surface area contributed by atoms with E-state index in [1.54, 1.807) is 0 Å². The SMILES string of the molecule is CC1SCCCC1NCC1(NC(=O)OC(C)(C)C)CCC1. The van der Waals surface area contributed by atoms with E-state index in [-0.39, 0.29) is 11.6 Å². The Morgan fingerprint density at radius 1 is 1.33 bits per heavy atom. The second-order valence-corrected chi connectivity index (χ2v) is 8.95. The van der Waals surface area contributed by atoms with E-state index in [1.165, 1.54) is 25.0 Å². The first kappa shape index (κ1) is 16.9. The van der Waals surface area contributed by atoms with Gasteiger partial charge in [0, 0.05) is 17.8 Å². The Kier molecular flexibility index (Phi) is 5.47. The van der Waals surface area contributed by atoms with Gasteiger partial charge in [-0.25, -0.2) is 4.79 Å². The van der Waals surface area contributed by atoms with Crippen molar-refractivity contribution in [1.29, 1.82) is 0 Å². The number of ether oxygens (including phenoxy) is 1. The van der Waals surface area contributed by atoms with E-state index in [2.05, 4.69) is 17.6 Å². The van der Waals surface area contributed by atoms with Crippen LogP contribution in [0.1, 0.15) is 59.8 Å².